The molecule has 2 aromatic rings. The zero-order chi connectivity index (χ0) is 14.8. The van der Waals surface area contributed by atoms with Crippen molar-refractivity contribution in [3.8, 4) is 0 Å². The summed E-state index contributed by atoms with van der Waals surface area (Å²) in [5.74, 6) is -0.305. The minimum atomic E-state index is -3.56. The molecule has 0 aliphatic rings. The first kappa shape index (κ1) is 14.7. The average Bonchev–Trinajstić information content (AvgIpc) is 2.73. The van der Waals surface area contributed by atoms with Crippen molar-refractivity contribution < 1.29 is 12.8 Å². The van der Waals surface area contributed by atoms with Crippen LogP contribution in [-0.2, 0) is 23.5 Å². The summed E-state index contributed by atoms with van der Waals surface area (Å²) in [6.45, 7) is 1.95. The largest absolute Gasteiger partial charge is 0.272 e. The fraction of sp³-hybridized carbons (Fsp3) is 0.308. The third-order valence-electron chi connectivity index (χ3n) is 3.10. The highest BCUT2D eigenvalue weighted by Gasteiger charge is 2.19. The minimum absolute atomic E-state index is 0.180. The zero-order valence-electron chi connectivity index (χ0n) is 11.3. The van der Waals surface area contributed by atoms with Crippen LogP contribution in [0.25, 0.3) is 0 Å². The van der Waals surface area contributed by atoms with Gasteiger partial charge >= 0.3 is 0 Å². The quantitative estimate of drug-likeness (QED) is 0.907. The Balaban J connectivity index is 2.00. The maximum atomic E-state index is 12.7. The van der Waals surface area contributed by atoms with Gasteiger partial charge in [-0.1, -0.05) is 12.1 Å². The summed E-state index contributed by atoms with van der Waals surface area (Å²) < 4.78 is 40.9. The van der Waals surface area contributed by atoms with Crippen molar-refractivity contribution in [2.45, 2.75) is 18.2 Å². The van der Waals surface area contributed by atoms with E-state index in [0.29, 0.717) is 12.1 Å². The van der Waals surface area contributed by atoms with E-state index in [9.17, 15) is 12.8 Å². The topological polar surface area (TPSA) is 64.0 Å². The Hall–Kier alpha value is -1.73. The van der Waals surface area contributed by atoms with Gasteiger partial charge in [0.15, 0.2) is 0 Å². The molecule has 0 unspecified atom stereocenters. The van der Waals surface area contributed by atoms with Gasteiger partial charge in [0, 0.05) is 13.6 Å². The number of nitrogens with one attached hydrogen (secondary N) is 1. The predicted octanol–water partition coefficient (Wildman–Crippen LogP) is 1.39. The van der Waals surface area contributed by atoms with Gasteiger partial charge in [0.25, 0.3) is 0 Å². The van der Waals surface area contributed by atoms with Gasteiger partial charge < -0.3 is 0 Å². The van der Waals surface area contributed by atoms with E-state index in [1.807, 2.05) is 0 Å². The highest BCUT2D eigenvalue weighted by Crippen LogP contribution is 2.12. The predicted molar refractivity (Wildman–Crippen MR) is 73.2 cm³/mol. The van der Waals surface area contributed by atoms with E-state index in [1.54, 1.807) is 26.1 Å². The second-order valence-electron chi connectivity index (χ2n) is 4.49. The number of aryl methyl sites for hydroxylation is 1. The van der Waals surface area contributed by atoms with Crippen LogP contribution >= 0.6 is 0 Å². The Morgan fingerprint density at radius 2 is 1.95 bits per heavy atom. The van der Waals surface area contributed by atoms with E-state index in [1.165, 1.54) is 23.0 Å². The van der Waals surface area contributed by atoms with Crippen LogP contribution in [0.4, 0.5) is 4.39 Å². The summed E-state index contributed by atoms with van der Waals surface area (Å²) in [5.41, 5.74) is 1.45. The number of nitrogens with zero attached hydrogens (tertiary/aromatic N) is 2. The molecule has 0 saturated heterocycles. The molecule has 1 aromatic heterocycles. The highest BCUT2D eigenvalue weighted by atomic mass is 32.2. The summed E-state index contributed by atoms with van der Waals surface area (Å²) in [6.07, 6.45) is 1.83. The molecule has 7 heteroatoms. The molecule has 0 radical (unpaired) electrons. The van der Waals surface area contributed by atoms with Gasteiger partial charge in [-0.3, -0.25) is 4.68 Å². The molecule has 1 heterocycles. The van der Waals surface area contributed by atoms with Gasteiger partial charge in [0.05, 0.1) is 11.9 Å². The summed E-state index contributed by atoms with van der Waals surface area (Å²) in [6, 6.07) is 5.99. The molecule has 20 heavy (non-hydrogen) atoms. The van der Waals surface area contributed by atoms with Crippen LogP contribution in [0.15, 0.2) is 35.4 Å². The molecule has 2 rings (SSSR count). The van der Waals surface area contributed by atoms with Crippen LogP contribution in [0, 0.1) is 12.7 Å². The molecule has 0 bridgehead atoms. The molecule has 1 N–H and O–H groups in total. The van der Waals surface area contributed by atoms with Gasteiger partial charge in [-0.15, -0.1) is 0 Å². The molecule has 5 nitrogen and oxygen atoms in total. The number of benzene rings is 1. The SMILES string of the molecule is Cc1c(S(=O)(=O)NCCc2ccc(F)cc2)cnn1C. The first-order chi connectivity index (χ1) is 9.40. The molecule has 0 spiro atoms. The van der Waals surface area contributed by atoms with Crippen molar-refractivity contribution in [2.24, 2.45) is 7.05 Å². The third-order valence-corrected chi connectivity index (χ3v) is 4.66. The number of aromatic nitrogens is 2. The Labute approximate surface area is 117 Å². The maximum Gasteiger partial charge on any atom is 0.243 e. The van der Waals surface area contributed by atoms with E-state index in [2.05, 4.69) is 9.82 Å². The average molecular weight is 297 g/mol. The fourth-order valence-corrected chi connectivity index (χ4v) is 3.03. The Morgan fingerprint density at radius 3 is 2.50 bits per heavy atom. The molecule has 0 atom stereocenters. The van der Waals surface area contributed by atoms with Crippen LogP contribution in [-0.4, -0.2) is 24.7 Å². The van der Waals surface area contributed by atoms with E-state index in [4.69, 9.17) is 0 Å². The number of rotatable bonds is 5. The van der Waals surface area contributed by atoms with Crippen molar-refractivity contribution in [1.29, 1.82) is 0 Å². The van der Waals surface area contributed by atoms with Gasteiger partial charge in [0.1, 0.15) is 10.7 Å². The van der Waals surface area contributed by atoms with Crippen LogP contribution in [0.5, 0.6) is 0 Å². The van der Waals surface area contributed by atoms with Crippen molar-refractivity contribution >= 4 is 10.0 Å². The number of hydrogen-bond donors (Lipinski definition) is 1. The van der Waals surface area contributed by atoms with Crippen LogP contribution in [0.2, 0.25) is 0 Å². The molecule has 0 saturated carbocycles. The van der Waals surface area contributed by atoms with Crippen molar-refractivity contribution in [1.82, 2.24) is 14.5 Å². The standard InChI is InChI=1S/C13H16FN3O2S/c1-10-13(9-15-17(10)2)20(18,19)16-8-7-11-3-5-12(14)6-4-11/h3-6,9,16H,7-8H2,1-2H3. The van der Waals surface area contributed by atoms with E-state index in [0.717, 1.165) is 5.56 Å². The second kappa shape index (κ2) is 5.72. The summed E-state index contributed by atoms with van der Waals surface area (Å²) >= 11 is 0. The summed E-state index contributed by atoms with van der Waals surface area (Å²) in [7, 11) is -1.87. The second-order valence-corrected chi connectivity index (χ2v) is 6.23. The molecule has 0 amide bonds. The molecule has 0 aliphatic heterocycles. The first-order valence-electron chi connectivity index (χ1n) is 6.13. The molecule has 0 aliphatic carbocycles. The summed E-state index contributed by atoms with van der Waals surface area (Å²) in [5, 5.41) is 3.91. The highest BCUT2D eigenvalue weighted by molar-refractivity contribution is 7.89. The van der Waals surface area contributed by atoms with Crippen molar-refractivity contribution in [3.05, 3.63) is 47.5 Å². The zero-order valence-corrected chi connectivity index (χ0v) is 12.1. The summed E-state index contributed by atoms with van der Waals surface area (Å²) in [4.78, 5) is 0.180. The maximum absolute atomic E-state index is 12.7. The lowest BCUT2D eigenvalue weighted by Crippen LogP contribution is -2.26. The van der Waals surface area contributed by atoms with Crippen molar-refractivity contribution in [3.63, 3.8) is 0 Å². The monoisotopic (exact) mass is 297 g/mol. The van der Waals surface area contributed by atoms with E-state index < -0.39 is 10.0 Å². The number of halogens is 1. The minimum Gasteiger partial charge on any atom is -0.272 e. The van der Waals surface area contributed by atoms with Crippen molar-refractivity contribution in [2.75, 3.05) is 6.54 Å². The van der Waals surface area contributed by atoms with Gasteiger partial charge in [-0.25, -0.2) is 17.5 Å². The molecular formula is C13H16FN3O2S. The van der Waals surface area contributed by atoms with Crippen LogP contribution in [0.3, 0.4) is 0 Å². The lowest BCUT2D eigenvalue weighted by molar-refractivity contribution is 0.580. The molecular weight excluding hydrogens is 281 g/mol. The Bertz CT molecular complexity index is 693. The Kier molecular flexibility index (Phi) is 4.20. The Morgan fingerprint density at radius 1 is 1.30 bits per heavy atom. The van der Waals surface area contributed by atoms with Crippen LogP contribution in [0.1, 0.15) is 11.3 Å². The van der Waals surface area contributed by atoms with Gasteiger partial charge in [-0.05, 0) is 31.0 Å². The van der Waals surface area contributed by atoms with E-state index in [-0.39, 0.29) is 17.3 Å². The number of hydrogen-bond acceptors (Lipinski definition) is 3. The molecule has 0 fully saturated rings. The third kappa shape index (κ3) is 3.23. The van der Waals surface area contributed by atoms with Crippen LogP contribution < -0.4 is 4.72 Å². The molecule has 1 aromatic carbocycles. The first-order valence-corrected chi connectivity index (χ1v) is 7.61. The lowest BCUT2D eigenvalue weighted by atomic mass is 10.1. The van der Waals surface area contributed by atoms with Gasteiger partial charge in [-0.2, -0.15) is 5.10 Å². The smallest absolute Gasteiger partial charge is 0.243 e. The normalized spacial score (nSPS) is 11.8. The van der Waals surface area contributed by atoms with E-state index >= 15 is 0 Å². The number of sulfonamides is 1. The van der Waals surface area contributed by atoms with Gasteiger partial charge in [0.2, 0.25) is 10.0 Å². The molecule has 108 valence electrons. The lowest BCUT2D eigenvalue weighted by Gasteiger charge is -2.06. The fourth-order valence-electron chi connectivity index (χ4n) is 1.80.